The number of hydrogen-bond donors (Lipinski definition) is 0. The monoisotopic (exact) mass is 588 g/mol. The highest BCUT2D eigenvalue weighted by atomic mass is 16.3. The fraction of sp³-hybridized carbons (Fsp3) is 0. The maximum Gasteiger partial charge on any atom is 0.238 e. The van der Waals surface area contributed by atoms with E-state index in [0.717, 1.165) is 55.4 Å². The lowest BCUT2D eigenvalue weighted by molar-refractivity contribution is 0.669. The molecule has 0 fully saturated rings. The Morgan fingerprint density at radius 2 is 1.09 bits per heavy atom. The maximum atomic E-state index is 6.14. The van der Waals surface area contributed by atoms with Crippen LogP contribution in [0, 0.1) is 0 Å². The predicted octanol–water partition coefficient (Wildman–Crippen LogP) is 10.9. The minimum absolute atomic E-state index is 0.569. The Bertz CT molecular complexity index is 2670. The largest absolute Gasteiger partial charge is 0.456 e. The van der Waals surface area contributed by atoms with Crippen LogP contribution in [0.1, 0.15) is 0 Å². The Kier molecular flexibility index (Phi) is 5.22. The SMILES string of the molecule is c1ccc2c(c1)-c1cccc3cccc(c13)N2c1nc(-c2ccc3ccccc3c2)nc(-c2ccc3oc4ccccc4c3c2)n1. The third kappa shape index (κ3) is 3.72. The van der Waals surface area contributed by atoms with Crippen LogP contribution >= 0.6 is 0 Å². The van der Waals surface area contributed by atoms with Crippen LogP contribution in [0.25, 0.3) is 77.4 Å². The van der Waals surface area contributed by atoms with Crippen molar-refractivity contribution in [1.82, 2.24) is 15.0 Å². The van der Waals surface area contributed by atoms with E-state index in [1.54, 1.807) is 0 Å². The summed E-state index contributed by atoms with van der Waals surface area (Å²) in [5.41, 5.74) is 7.96. The highest BCUT2D eigenvalue weighted by Gasteiger charge is 2.28. The summed E-state index contributed by atoms with van der Waals surface area (Å²) in [5.74, 6) is 1.79. The van der Waals surface area contributed by atoms with E-state index < -0.39 is 0 Å². The maximum absolute atomic E-state index is 6.14. The van der Waals surface area contributed by atoms with Crippen LogP contribution in [-0.4, -0.2) is 15.0 Å². The highest BCUT2D eigenvalue weighted by Crippen LogP contribution is 2.50. The number of aromatic nitrogens is 3. The molecule has 46 heavy (non-hydrogen) atoms. The van der Waals surface area contributed by atoms with E-state index in [-0.39, 0.29) is 0 Å². The van der Waals surface area contributed by atoms with Crippen LogP contribution < -0.4 is 4.90 Å². The summed E-state index contributed by atoms with van der Waals surface area (Å²) >= 11 is 0. The van der Waals surface area contributed by atoms with E-state index in [0.29, 0.717) is 17.6 Å². The number of para-hydroxylation sites is 2. The molecule has 0 N–H and O–H groups in total. The molecule has 0 aliphatic carbocycles. The molecule has 10 rings (SSSR count). The summed E-state index contributed by atoms with van der Waals surface area (Å²) in [6.45, 7) is 0. The molecule has 0 saturated carbocycles. The van der Waals surface area contributed by atoms with Crippen molar-refractivity contribution in [3.8, 4) is 33.9 Å². The molecule has 0 amide bonds. The first-order valence-corrected chi connectivity index (χ1v) is 15.4. The Labute approximate surface area is 264 Å². The molecule has 0 radical (unpaired) electrons. The van der Waals surface area contributed by atoms with Gasteiger partial charge in [0, 0.05) is 32.8 Å². The summed E-state index contributed by atoms with van der Waals surface area (Å²) in [7, 11) is 0. The third-order valence-corrected chi connectivity index (χ3v) is 9.02. The smallest absolute Gasteiger partial charge is 0.238 e. The van der Waals surface area contributed by atoms with Gasteiger partial charge >= 0.3 is 0 Å². The number of benzene rings is 7. The second-order valence-corrected chi connectivity index (χ2v) is 11.7. The Balaban J connectivity index is 1.25. The van der Waals surface area contributed by atoms with E-state index in [1.807, 2.05) is 30.3 Å². The molecule has 1 aliphatic rings. The van der Waals surface area contributed by atoms with Gasteiger partial charge in [0.25, 0.3) is 0 Å². The Hall–Kier alpha value is -6.33. The van der Waals surface area contributed by atoms with Gasteiger partial charge in [-0.05, 0) is 64.2 Å². The van der Waals surface area contributed by atoms with Gasteiger partial charge in [-0.25, -0.2) is 4.98 Å². The molecule has 0 spiro atoms. The van der Waals surface area contributed by atoms with Crippen molar-refractivity contribution >= 4 is 60.8 Å². The van der Waals surface area contributed by atoms with Crippen molar-refractivity contribution < 1.29 is 4.42 Å². The number of fused-ring (bicyclic) bond motifs is 6. The van der Waals surface area contributed by atoms with E-state index in [2.05, 4.69) is 120 Å². The third-order valence-electron chi connectivity index (χ3n) is 9.02. The van der Waals surface area contributed by atoms with Crippen molar-refractivity contribution in [3.05, 3.63) is 146 Å². The van der Waals surface area contributed by atoms with Crippen molar-refractivity contribution in [1.29, 1.82) is 0 Å². The molecule has 0 bridgehead atoms. The Morgan fingerprint density at radius 1 is 0.435 bits per heavy atom. The number of nitrogens with zero attached hydrogens (tertiary/aromatic N) is 4. The summed E-state index contributed by atoms with van der Waals surface area (Å²) in [6, 6.07) is 50.5. The van der Waals surface area contributed by atoms with Crippen molar-refractivity contribution in [2.75, 3.05) is 4.90 Å². The summed E-state index contributed by atoms with van der Waals surface area (Å²) < 4.78 is 6.14. The lowest BCUT2D eigenvalue weighted by Gasteiger charge is -2.32. The number of rotatable bonds is 3. The van der Waals surface area contributed by atoms with Gasteiger partial charge < -0.3 is 4.42 Å². The minimum atomic E-state index is 0.569. The second-order valence-electron chi connectivity index (χ2n) is 11.7. The molecule has 5 nitrogen and oxygen atoms in total. The van der Waals surface area contributed by atoms with Crippen molar-refractivity contribution in [2.24, 2.45) is 0 Å². The fourth-order valence-electron chi connectivity index (χ4n) is 6.89. The second kappa shape index (κ2) is 9.58. The van der Waals surface area contributed by atoms with Crippen LogP contribution in [0.2, 0.25) is 0 Å². The van der Waals surface area contributed by atoms with E-state index >= 15 is 0 Å². The zero-order valence-corrected chi connectivity index (χ0v) is 24.6. The Morgan fingerprint density at radius 3 is 2.00 bits per heavy atom. The number of anilines is 3. The van der Waals surface area contributed by atoms with Crippen LogP contribution in [0.4, 0.5) is 17.3 Å². The number of hydrogen-bond acceptors (Lipinski definition) is 5. The standard InChI is InChI=1S/C41H24N4O/c1-2-10-27-23-28(20-19-25(27)9-1)39-42-40(29-21-22-37-33(24-29)31-14-4-6-18-36(31)46-37)44-41(43-39)45-34-16-5-3-13-30(34)32-15-7-11-26-12-8-17-35(45)38(26)32/h1-24H. The fourth-order valence-corrected chi connectivity index (χ4v) is 6.89. The van der Waals surface area contributed by atoms with Crippen molar-refractivity contribution in [2.45, 2.75) is 0 Å². The minimum Gasteiger partial charge on any atom is -0.456 e. The summed E-state index contributed by atoms with van der Waals surface area (Å²) in [4.78, 5) is 17.7. The van der Waals surface area contributed by atoms with Crippen molar-refractivity contribution in [3.63, 3.8) is 0 Å². The normalized spacial score (nSPS) is 12.3. The first-order chi connectivity index (χ1) is 22.8. The topological polar surface area (TPSA) is 55.1 Å². The molecule has 7 aromatic carbocycles. The molecule has 2 aromatic heterocycles. The molecular weight excluding hydrogens is 564 g/mol. The molecule has 9 aromatic rings. The van der Waals surface area contributed by atoms with Gasteiger partial charge in [0.15, 0.2) is 11.6 Å². The molecule has 0 atom stereocenters. The number of furan rings is 1. The van der Waals surface area contributed by atoms with Gasteiger partial charge in [0.2, 0.25) is 5.95 Å². The molecule has 5 heteroatoms. The molecule has 214 valence electrons. The van der Waals surface area contributed by atoms with Gasteiger partial charge in [-0.3, -0.25) is 4.90 Å². The van der Waals surface area contributed by atoms with Gasteiger partial charge in [-0.1, -0.05) is 103 Å². The van der Waals surface area contributed by atoms with Crippen LogP contribution in [0.3, 0.4) is 0 Å². The lowest BCUT2D eigenvalue weighted by atomic mass is 9.91. The van der Waals surface area contributed by atoms with E-state index in [4.69, 9.17) is 19.4 Å². The summed E-state index contributed by atoms with van der Waals surface area (Å²) in [6.07, 6.45) is 0. The van der Waals surface area contributed by atoms with Crippen LogP contribution in [0.15, 0.2) is 150 Å². The predicted molar refractivity (Wildman–Crippen MR) is 187 cm³/mol. The van der Waals surface area contributed by atoms with Gasteiger partial charge in [-0.15, -0.1) is 0 Å². The molecule has 0 saturated heterocycles. The summed E-state index contributed by atoms with van der Waals surface area (Å²) in [5, 5.41) is 6.77. The quantitative estimate of drug-likeness (QED) is 0.205. The van der Waals surface area contributed by atoms with Gasteiger partial charge in [0.05, 0.1) is 11.4 Å². The molecule has 0 unspecified atom stereocenters. The lowest BCUT2D eigenvalue weighted by Crippen LogP contribution is -2.18. The average molecular weight is 589 g/mol. The molecular formula is C41H24N4O. The van der Waals surface area contributed by atoms with Gasteiger partial charge in [-0.2, -0.15) is 9.97 Å². The first kappa shape index (κ1) is 25.0. The van der Waals surface area contributed by atoms with Crippen LogP contribution in [0.5, 0.6) is 0 Å². The van der Waals surface area contributed by atoms with E-state index in [9.17, 15) is 0 Å². The average Bonchev–Trinajstić information content (AvgIpc) is 3.50. The first-order valence-electron chi connectivity index (χ1n) is 15.4. The van der Waals surface area contributed by atoms with E-state index in [1.165, 1.54) is 21.7 Å². The molecule has 1 aliphatic heterocycles. The highest BCUT2D eigenvalue weighted by molar-refractivity contribution is 6.13. The van der Waals surface area contributed by atoms with Gasteiger partial charge in [0.1, 0.15) is 11.2 Å². The van der Waals surface area contributed by atoms with Crippen LogP contribution in [-0.2, 0) is 0 Å². The zero-order valence-electron chi connectivity index (χ0n) is 24.6. The zero-order chi connectivity index (χ0) is 30.2. The molecule has 3 heterocycles.